The number of aromatic nitrogens is 1. The second-order valence-electron chi connectivity index (χ2n) is 6.54. The highest BCUT2D eigenvalue weighted by Gasteiger charge is 2.23. The van der Waals surface area contributed by atoms with Crippen LogP contribution in [0.25, 0.3) is 11.5 Å². The van der Waals surface area contributed by atoms with Gasteiger partial charge in [-0.15, -0.1) is 0 Å². The fourth-order valence-electron chi connectivity index (χ4n) is 3.31. The Bertz CT molecular complexity index is 681. The van der Waals surface area contributed by atoms with Gasteiger partial charge in [0.2, 0.25) is 11.8 Å². The molecule has 1 aliphatic carbocycles. The maximum Gasteiger partial charge on any atom is 0.226 e. The average Bonchev–Trinajstić information content (AvgIpc) is 2.96. The maximum absolute atomic E-state index is 12.3. The van der Waals surface area contributed by atoms with Crippen molar-refractivity contribution in [1.29, 1.82) is 0 Å². The lowest BCUT2D eigenvalue weighted by Gasteiger charge is -2.28. The monoisotopic (exact) mass is 328 g/mol. The number of hydrogen-bond donors (Lipinski definition) is 2. The summed E-state index contributed by atoms with van der Waals surface area (Å²) in [6.07, 6.45) is 4.16. The van der Waals surface area contributed by atoms with Crippen LogP contribution in [0.4, 0.5) is 0 Å². The van der Waals surface area contributed by atoms with Crippen LogP contribution in [-0.2, 0) is 11.2 Å². The smallest absolute Gasteiger partial charge is 0.226 e. The lowest BCUT2D eigenvalue weighted by atomic mass is 9.86. The zero-order chi connectivity index (χ0) is 16.9. The van der Waals surface area contributed by atoms with Crippen molar-refractivity contribution >= 4 is 5.91 Å². The summed E-state index contributed by atoms with van der Waals surface area (Å²) in [6.45, 7) is 2.04. The molecular formula is C19H24N2O3. The van der Waals surface area contributed by atoms with E-state index in [1.54, 1.807) is 0 Å². The Morgan fingerprint density at radius 1 is 1.33 bits per heavy atom. The van der Waals surface area contributed by atoms with Crippen LogP contribution in [0.1, 0.15) is 37.1 Å². The first kappa shape index (κ1) is 16.7. The number of aliphatic hydroxyl groups is 1. The van der Waals surface area contributed by atoms with Crippen molar-refractivity contribution in [3.05, 3.63) is 41.8 Å². The topological polar surface area (TPSA) is 75.4 Å². The first-order valence-electron chi connectivity index (χ1n) is 8.57. The third-order valence-electron chi connectivity index (χ3n) is 4.65. The first-order valence-corrected chi connectivity index (χ1v) is 8.57. The summed E-state index contributed by atoms with van der Waals surface area (Å²) in [7, 11) is 0. The lowest BCUT2D eigenvalue weighted by molar-refractivity contribution is -0.121. The number of rotatable bonds is 5. The summed E-state index contributed by atoms with van der Waals surface area (Å²) in [5.41, 5.74) is 1.59. The minimum absolute atomic E-state index is 0.0328. The molecule has 24 heavy (non-hydrogen) atoms. The summed E-state index contributed by atoms with van der Waals surface area (Å²) >= 11 is 0. The zero-order valence-electron chi connectivity index (χ0n) is 14.0. The predicted octanol–water partition coefficient (Wildman–Crippen LogP) is 2.86. The fraction of sp³-hybridized carbons (Fsp3) is 0.474. The van der Waals surface area contributed by atoms with Gasteiger partial charge in [0.25, 0.3) is 0 Å². The van der Waals surface area contributed by atoms with Crippen LogP contribution < -0.4 is 5.32 Å². The minimum Gasteiger partial charge on any atom is -0.441 e. The van der Waals surface area contributed by atoms with Crippen LogP contribution in [0.15, 0.2) is 34.7 Å². The molecule has 0 aliphatic heterocycles. The summed E-state index contributed by atoms with van der Waals surface area (Å²) in [4.78, 5) is 16.8. The number of amides is 1. The highest BCUT2D eigenvalue weighted by Crippen LogP contribution is 2.24. The van der Waals surface area contributed by atoms with Gasteiger partial charge in [0.15, 0.2) is 0 Å². The van der Waals surface area contributed by atoms with Crippen LogP contribution in [0.5, 0.6) is 0 Å². The Morgan fingerprint density at radius 3 is 2.88 bits per heavy atom. The number of carbonyl (C=O) groups excluding carboxylic acids is 1. The highest BCUT2D eigenvalue weighted by atomic mass is 16.4. The van der Waals surface area contributed by atoms with E-state index in [4.69, 9.17) is 4.42 Å². The molecule has 3 rings (SSSR count). The molecule has 128 valence electrons. The van der Waals surface area contributed by atoms with Gasteiger partial charge in [0.1, 0.15) is 5.76 Å². The number of aliphatic hydroxyl groups excluding tert-OH is 1. The van der Waals surface area contributed by atoms with E-state index in [-0.39, 0.29) is 25.0 Å². The molecule has 1 fully saturated rings. The largest absolute Gasteiger partial charge is 0.441 e. The van der Waals surface area contributed by atoms with E-state index in [0.29, 0.717) is 23.3 Å². The van der Waals surface area contributed by atoms with Crippen LogP contribution >= 0.6 is 0 Å². The lowest BCUT2D eigenvalue weighted by Crippen LogP contribution is -2.39. The summed E-state index contributed by atoms with van der Waals surface area (Å²) < 4.78 is 5.70. The second kappa shape index (κ2) is 7.62. The Kier molecular flexibility index (Phi) is 5.30. The van der Waals surface area contributed by atoms with Gasteiger partial charge in [-0.05, 0) is 44.2 Å². The van der Waals surface area contributed by atoms with Crippen LogP contribution in [-0.4, -0.2) is 28.6 Å². The normalized spacial score (nSPS) is 20.8. The number of benzene rings is 1. The second-order valence-corrected chi connectivity index (χ2v) is 6.54. The molecule has 0 saturated heterocycles. The van der Waals surface area contributed by atoms with Crippen LogP contribution in [0, 0.1) is 12.8 Å². The summed E-state index contributed by atoms with van der Waals surface area (Å²) in [5, 5.41) is 12.4. The molecule has 0 unspecified atom stereocenters. The Morgan fingerprint density at radius 2 is 2.12 bits per heavy atom. The van der Waals surface area contributed by atoms with E-state index in [1.165, 1.54) is 0 Å². The number of nitrogens with one attached hydrogen (secondary N) is 1. The van der Waals surface area contributed by atoms with E-state index in [2.05, 4.69) is 10.3 Å². The van der Waals surface area contributed by atoms with Crippen molar-refractivity contribution in [2.45, 2.75) is 45.1 Å². The number of aryl methyl sites for hydroxylation is 1. The van der Waals surface area contributed by atoms with Gasteiger partial charge in [-0.1, -0.05) is 24.6 Å². The molecule has 1 heterocycles. The maximum atomic E-state index is 12.3. The molecule has 2 N–H and O–H groups in total. The molecule has 0 spiro atoms. The van der Waals surface area contributed by atoms with E-state index in [0.717, 1.165) is 31.2 Å². The van der Waals surface area contributed by atoms with Gasteiger partial charge in [0, 0.05) is 18.2 Å². The van der Waals surface area contributed by atoms with Crippen molar-refractivity contribution in [2.75, 3.05) is 6.61 Å². The first-order chi connectivity index (χ1) is 11.7. The van der Waals surface area contributed by atoms with Crippen molar-refractivity contribution < 1.29 is 14.3 Å². The van der Waals surface area contributed by atoms with Gasteiger partial charge in [-0.2, -0.15) is 0 Å². The van der Waals surface area contributed by atoms with Gasteiger partial charge in [-0.25, -0.2) is 4.98 Å². The third-order valence-corrected chi connectivity index (χ3v) is 4.65. The Balaban J connectivity index is 1.61. The number of oxazole rings is 1. The third kappa shape index (κ3) is 4.03. The van der Waals surface area contributed by atoms with Gasteiger partial charge in [0.05, 0.1) is 12.1 Å². The molecule has 1 aromatic carbocycles. The minimum atomic E-state index is -0.0328. The molecule has 5 nitrogen and oxygen atoms in total. The number of carbonyl (C=O) groups is 1. The van der Waals surface area contributed by atoms with E-state index < -0.39 is 0 Å². The summed E-state index contributed by atoms with van der Waals surface area (Å²) in [6, 6.07) is 9.84. The average molecular weight is 328 g/mol. The van der Waals surface area contributed by atoms with E-state index >= 15 is 0 Å². The highest BCUT2D eigenvalue weighted by molar-refractivity contribution is 5.78. The van der Waals surface area contributed by atoms with Gasteiger partial charge in [-0.3, -0.25) is 4.79 Å². The van der Waals surface area contributed by atoms with Crippen molar-refractivity contribution in [2.24, 2.45) is 5.92 Å². The van der Waals surface area contributed by atoms with E-state index in [9.17, 15) is 9.90 Å². The van der Waals surface area contributed by atoms with Crippen LogP contribution in [0.2, 0.25) is 0 Å². The van der Waals surface area contributed by atoms with Crippen LogP contribution in [0.3, 0.4) is 0 Å². The van der Waals surface area contributed by atoms with E-state index in [1.807, 2.05) is 37.3 Å². The SMILES string of the molecule is Cc1oc(-c2ccccc2)nc1CC(=O)N[C@@H]1CCC[C@@H](CO)C1. The molecular weight excluding hydrogens is 304 g/mol. The number of hydrogen-bond acceptors (Lipinski definition) is 4. The van der Waals surface area contributed by atoms with Crippen molar-refractivity contribution in [3.8, 4) is 11.5 Å². The zero-order valence-corrected chi connectivity index (χ0v) is 14.0. The Labute approximate surface area is 142 Å². The molecule has 2 atom stereocenters. The molecule has 2 aromatic rings. The Hall–Kier alpha value is -2.14. The number of nitrogens with zero attached hydrogens (tertiary/aromatic N) is 1. The molecule has 0 radical (unpaired) electrons. The fourth-order valence-corrected chi connectivity index (χ4v) is 3.31. The standard InChI is InChI=1S/C19H24N2O3/c1-13-17(21-19(24-13)15-7-3-2-4-8-15)11-18(23)20-16-9-5-6-14(10-16)12-22/h2-4,7-8,14,16,22H,5-6,9-12H2,1H3,(H,20,23)/t14-,16-/m1/s1. The molecule has 1 amide bonds. The summed E-state index contributed by atoms with van der Waals surface area (Å²) in [5.74, 6) is 1.51. The predicted molar refractivity (Wildman–Crippen MR) is 91.4 cm³/mol. The van der Waals surface area contributed by atoms with Gasteiger partial charge >= 0.3 is 0 Å². The van der Waals surface area contributed by atoms with Crippen molar-refractivity contribution in [3.63, 3.8) is 0 Å². The molecule has 1 saturated carbocycles. The molecule has 0 bridgehead atoms. The van der Waals surface area contributed by atoms with Crippen molar-refractivity contribution in [1.82, 2.24) is 10.3 Å². The molecule has 5 heteroatoms. The molecule has 1 aliphatic rings. The molecule has 1 aromatic heterocycles. The quantitative estimate of drug-likeness (QED) is 0.885. The van der Waals surface area contributed by atoms with Gasteiger partial charge < -0.3 is 14.8 Å².